The Hall–Kier alpha value is -2.29. The van der Waals surface area contributed by atoms with Gasteiger partial charge in [-0.25, -0.2) is 0 Å². The number of ether oxygens (including phenoxy) is 1. The minimum absolute atomic E-state index is 0.0229. The van der Waals surface area contributed by atoms with E-state index in [0.717, 1.165) is 83.5 Å². The highest BCUT2D eigenvalue weighted by atomic mass is 31.2. The van der Waals surface area contributed by atoms with Crippen LogP contribution in [0, 0.1) is 0 Å². The zero-order valence-electron chi connectivity index (χ0n) is 54.2. The van der Waals surface area contributed by atoms with E-state index in [2.05, 4.69) is 74.7 Å². The number of rotatable bonds is 63. The van der Waals surface area contributed by atoms with Crippen LogP contribution in [-0.2, 0) is 27.9 Å². The van der Waals surface area contributed by atoms with Crippen LogP contribution in [0.25, 0.3) is 0 Å². The number of quaternary nitrogens is 1. The molecule has 0 fully saturated rings. The fraction of sp³-hybridized carbons (Fsp3) is 0.831. The van der Waals surface area contributed by atoms with Gasteiger partial charge in [0.25, 0.3) is 7.82 Å². The lowest BCUT2D eigenvalue weighted by molar-refractivity contribution is -0.870. The van der Waals surface area contributed by atoms with Gasteiger partial charge in [0.1, 0.15) is 19.3 Å². The van der Waals surface area contributed by atoms with Crippen molar-refractivity contribution in [2.75, 3.05) is 40.9 Å². The standard InChI is InChI=1S/C71H133N2O7P/c1-7-10-13-16-19-22-25-28-30-31-32-33-34-35-36-37-38-39-40-41-43-46-49-52-55-58-61-64-71(75)80-69(62-59-56-53-50-47-44-27-24-21-18-15-12-9-3)68(67-79-81(76,77)78-66-65-73(4,5)6)72-70(74)63-60-57-54-51-48-45-42-29-26-23-20-17-14-11-8-2/h19,22-23,26,28,30,32-33,59,62,68-69H,7-18,20-21,24-25,27,29,31,34-58,60-61,63-67H2,1-6H3,(H-,72,74,76,77)/b22-19-,26-23-,30-28-,33-32-,62-59-. The molecule has 0 aromatic heterocycles. The fourth-order valence-electron chi connectivity index (χ4n) is 10.1. The lowest BCUT2D eigenvalue weighted by atomic mass is 10.0. The van der Waals surface area contributed by atoms with Crippen molar-refractivity contribution in [2.45, 2.75) is 341 Å². The quantitative estimate of drug-likeness (QED) is 0.0212. The molecule has 0 aromatic carbocycles. The number of phosphoric ester groups is 1. The number of esters is 1. The maximum Gasteiger partial charge on any atom is 0.306 e. The Labute approximate surface area is 502 Å². The predicted octanol–water partition coefficient (Wildman–Crippen LogP) is 21.2. The van der Waals surface area contributed by atoms with Crippen molar-refractivity contribution in [3.8, 4) is 0 Å². The Bertz CT molecular complexity index is 1570. The van der Waals surface area contributed by atoms with Crippen LogP contribution in [0.4, 0.5) is 0 Å². The van der Waals surface area contributed by atoms with Gasteiger partial charge in [-0.2, -0.15) is 0 Å². The Morgan fingerprint density at radius 2 is 0.753 bits per heavy atom. The average molecular weight is 1160 g/mol. The first-order chi connectivity index (χ1) is 39.4. The number of unbranched alkanes of at least 4 members (excludes halogenated alkanes) is 39. The van der Waals surface area contributed by atoms with Crippen LogP contribution in [-0.4, -0.2) is 69.4 Å². The molecule has 0 aromatic rings. The van der Waals surface area contributed by atoms with E-state index in [1.807, 2.05) is 33.3 Å². The molecule has 0 saturated heterocycles. The van der Waals surface area contributed by atoms with E-state index in [0.29, 0.717) is 17.4 Å². The first-order valence-corrected chi connectivity index (χ1v) is 36.1. The Kier molecular flexibility index (Phi) is 59.1. The van der Waals surface area contributed by atoms with Crippen LogP contribution in [0.15, 0.2) is 60.8 Å². The summed E-state index contributed by atoms with van der Waals surface area (Å²) in [4.78, 5) is 40.1. The number of hydrogen-bond acceptors (Lipinski definition) is 7. The Morgan fingerprint density at radius 3 is 1.17 bits per heavy atom. The summed E-state index contributed by atoms with van der Waals surface area (Å²) < 4.78 is 30.4. The molecular formula is C71H133N2O7P. The molecule has 9 nitrogen and oxygen atoms in total. The van der Waals surface area contributed by atoms with E-state index in [1.54, 1.807) is 0 Å². The first kappa shape index (κ1) is 78.7. The smallest absolute Gasteiger partial charge is 0.306 e. The highest BCUT2D eigenvalue weighted by molar-refractivity contribution is 7.45. The van der Waals surface area contributed by atoms with E-state index in [4.69, 9.17) is 13.8 Å². The van der Waals surface area contributed by atoms with Gasteiger partial charge in [-0.1, -0.05) is 281 Å². The second-order valence-corrected chi connectivity index (χ2v) is 26.1. The molecule has 81 heavy (non-hydrogen) atoms. The first-order valence-electron chi connectivity index (χ1n) is 34.6. The van der Waals surface area contributed by atoms with Gasteiger partial charge in [0.2, 0.25) is 5.91 Å². The van der Waals surface area contributed by atoms with Crippen molar-refractivity contribution in [2.24, 2.45) is 0 Å². The zero-order chi connectivity index (χ0) is 59.3. The summed E-state index contributed by atoms with van der Waals surface area (Å²) in [6.45, 7) is 6.83. The minimum atomic E-state index is -4.70. The van der Waals surface area contributed by atoms with Crippen molar-refractivity contribution < 1.29 is 37.3 Å². The SMILES string of the molecule is CCCCC/C=C\C/C=C\C/C=C\CCCCCCCCCCCCCCCCC(=O)OC(/C=C\CCCCCCCCCCCCC)C(COP(=O)([O-])OCC[N+](C)(C)C)NC(=O)CCCCCCCCC/C=C\CCCCCC. The zero-order valence-corrected chi connectivity index (χ0v) is 55.1. The van der Waals surface area contributed by atoms with Crippen LogP contribution >= 0.6 is 7.82 Å². The monoisotopic (exact) mass is 1160 g/mol. The number of hydrogen-bond donors (Lipinski definition) is 1. The van der Waals surface area contributed by atoms with Gasteiger partial charge >= 0.3 is 5.97 Å². The van der Waals surface area contributed by atoms with Crippen molar-refractivity contribution in [3.63, 3.8) is 0 Å². The minimum Gasteiger partial charge on any atom is -0.756 e. The third kappa shape index (κ3) is 62.1. The molecule has 3 unspecified atom stereocenters. The normalized spacial score (nSPS) is 13.9. The Morgan fingerprint density at radius 1 is 0.432 bits per heavy atom. The van der Waals surface area contributed by atoms with Gasteiger partial charge in [-0.15, -0.1) is 0 Å². The largest absolute Gasteiger partial charge is 0.756 e. The van der Waals surface area contributed by atoms with Crippen molar-refractivity contribution >= 4 is 19.7 Å². The molecule has 0 aliphatic rings. The molecule has 0 heterocycles. The number of carbonyl (C=O) groups excluding carboxylic acids is 2. The molecule has 1 amide bonds. The van der Waals surface area contributed by atoms with Crippen LogP contribution in [0.2, 0.25) is 0 Å². The Balaban J connectivity index is 5.05. The van der Waals surface area contributed by atoms with Crippen molar-refractivity contribution in [3.05, 3.63) is 60.8 Å². The molecule has 474 valence electrons. The number of nitrogens with zero attached hydrogens (tertiary/aromatic N) is 1. The summed E-state index contributed by atoms with van der Waals surface area (Å²) in [5.74, 6) is -0.536. The summed E-state index contributed by atoms with van der Waals surface area (Å²) in [7, 11) is 1.19. The van der Waals surface area contributed by atoms with Gasteiger partial charge < -0.3 is 28.5 Å². The van der Waals surface area contributed by atoms with E-state index >= 15 is 0 Å². The number of allylic oxidation sites excluding steroid dienone is 9. The van der Waals surface area contributed by atoms with Crippen LogP contribution in [0.5, 0.6) is 0 Å². The molecule has 0 rings (SSSR count). The topological polar surface area (TPSA) is 114 Å². The highest BCUT2D eigenvalue weighted by Crippen LogP contribution is 2.38. The summed E-state index contributed by atoms with van der Waals surface area (Å²) >= 11 is 0. The molecule has 0 spiro atoms. The molecule has 0 aliphatic carbocycles. The number of carbonyl (C=O) groups is 2. The number of nitrogens with one attached hydrogen (secondary N) is 1. The molecular weight excluding hydrogens is 1020 g/mol. The second kappa shape index (κ2) is 60.8. The predicted molar refractivity (Wildman–Crippen MR) is 349 cm³/mol. The third-order valence-electron chi connectivity index (χ3n) is 15.4. The average Bonchev–Trinajstić information content (AvgIpc) is 3.44. The maximum absolute atomic E-state index is 13.6. The molecule has 0 radical (unpaired) electrons. The van der Waals surface area contributed by atoms with Crippen LogP contribution in [0.3, 0.4) is 0 Å². The molecule has 0 bridgehead atoms. The van der Waals surface area contributed by atoms with Crippen molar-refractivity contribution in [1.29, 1.82) is 0 Å². The van der Waals surface area contributed by atoms with Crippen molar-refractivity contribution in [1.82, 2.24) is 5.32 Å². The summed E-state index contributed by atoms with van der Waals surface area (Å²) in [5, 5.41) is 3.04. The highest BCUT2D eigenvalue weighted by Gasteiger charge is 2.27. The second-order valence-electron chi connectivity index (χ2n) is 24.7. The van der Waals surface area contributed by atoms with Gasteiger partial charge in [-0.3, -0.25) is 14.2 Å². The van der Waals surface area contributed by atoms with E-state index in [9.17, 15) is 19.0 Å². The van der Waals surface area contributed by atoms with E-state index in [-0.39, 0.29) is 31.5 Å². The lowest BCUT2D eigenvalue weighted by Crippen LogP contribution is -2.47. The van der Waals surface area contributed by atoms with Gasteiger partial charge in [0, 0.05) is 12.8 Å². The van der Waals surface area contributed by atoms with E-state index < -0.39 is 20.0 Å². The molecule has 0 saturated carbocycles. The third-order valence-corrected chi connectivity index (χ3v) is 16.4. The lowest BCUT2D eigenvalue weighted by Gasteiger charge is -2.30. The number of likely N-dealkylation sites (N-methyl/N-ethyl adjacent to an activating group) is 1. The molecule has 1 N–H and O–H groups in total. The molecule has 10 heteroatoms. The van der Waals surface area contributed by atoms with Gasteiger partial charge in [0.15, 0.2) is 0 Å². The molecule has 3 atom stereocenters. The molecule has 0 aliphatic heterocycles. The fourth-order valence-corrected chi connectivity index (χ4v) is 10.8. The van der Waals surface area contributed by atoms with E-state index in [1.165, 1.54) is 212 Å². The van der Waals surface area contributed by atoms with Crippen LogP contribution < -0.4 is 10.2 Å². The van der Waals surface area contributed by atoms with Gasteiger partial charge in [-0.05, 0) is 96.0 Å². The maximum atomic E-state index is 13.6. The van der Waals surface area contributed by atoms with Gasteiger partial charge in [0.05, 0.1) is 33.8 Å². The van der Waals surface area contributed by atoms with Crippen LogP contribution in [0.1, 0.15) is 329 Å². The summed E-state index contributed by atoms with van der Waals surface area (Å²) in [6, 6.07) is -0.891. The number of phosphoric acid groups is 1. The summed E-state index contributed by atoms with van der Waals surface area (Å²) in [6.07, 6.45) is 77.6. The summed E-state index contributed by atoms with van der Waals surface area (Å²) in [5.41, 5.74) is 0. The number of amides is 1.